The third kappa shape index (κ3) is 3.63. The molecule has 0 unspecified atom stereocenters. The SMILES string of the molecule is FCCOCc1ccc(C#Cc2cc3c([nH]2)=NCCC=3)cc1. The van der Waals surface area contributed by atoms with E-state index < -0.39 is 6.67 Å². The largest absolute Gasteiger partial charge is 0.374 e. The molecule has 0 saturated carbocycles. The summed E-state index contributed by atoms with van der Waals surface area (Å²) in [4.78, 5) is 7.64. The van der Waals surface area contributed by atoms with E-state index in [1.807, 2.05) is 30.3 Å². The highest BCUT2D eigenvalue weighted by Gasteiger charge is 1.98. The third-order valence-corrected chi connectivity index (χ3v) is 3.38. The summed E-state index contributed by atoms with van der Waals surface area (Å²) in [5, 5.41) is 1.14. The Hall–Kier alpha value is -2.38. The molecule has 0 fully saturated rings. The van der Waals surface area contributed by atoms with Crippen molar-refractivity contribution in [3.63, 3.8) is 0 Å². The Balaban J connectivity index is 1.70. The minimum Gasteiger partial charge on any atom is -0.374 e. The molecule has 1 N–H and O–H groups in total. The van der Waals surface area contributed by atoms with Crippen molar-refractivity contribution in [2.45, 2.75) is 13.0 Å². The smallest absolute Gasteiger partial charge is 0.132 e. The molecule has 3 nitrogen and oxygen atoms in total. The van der Waals surface area contributed by atoms with Crippen LogP contribution in [0.25, 0.3) is 6.08 Å². The van der Waals surface area contributed by atoms with Crippen LogP contribution in [0.3, 0.4) is 0 Å². The number of aromatic nitrogens is 1. The molecular weight excluding hydrogens is 279 g/mol. The van der Waals surface area contributed by atoms with Crippen LogP contribution in [-0.2, 0) is 11.3 Å². The Labute approximate surface area is 128 Å². The van der Waals surface area contributed by atoms with Crippen LogP contribution in [0.15, 0.2) is 35.3 Å². The van der Waals surface area contributed by atoms with Gasteiger partial charge in [0, 0.05) is 17.3 Å². The lowest BCUT2D eigenvalue weighted by molar-refractivity contribution is 0.106. The average molecular weight is 296 g/mol. The number of alkyl halides is 1. The van der Waals surface area contributed by atoms with Crippen molar-refractivity contribution in [3.8, 4) is 11.8 Å². The Bertz CT molecular complexity index is 776. The second-order valence-electron chi connectivity index (χ2n) is 5.05. The van der Waals surface area contributed by atoms with Crippen LogP contribution >= 0.6 is 0 Å². The molecule has 1 aromatic heterocycles. The molecule has 2 aromatic rings. The van der Waals surface area contributed by atoms with E-state index in [9.17, 15) is 4.39 Å². The van der Waals surface area contributed by atoms with Gasteiger partial charge < -0.3 is 9.72 Å². The maximum absolute atomic E-state index is 12.0. The second-order valence-corrected chi connectivity index (χ2v) is 5.05. The highest BCUT2D eigenvalue weighted by atomic mass is 19.1. The molecule has 3 rings (SSSR count). The molecule has 2 heterocycles. The van der Waals surface area contributed by atoms with Crippen LogP contribution in [-0.4, -0.2) is 24.8 Å². The highest BCUT2D eigenvalue weighted by molar-refractivity contribution is 5.42. The summed E-state index contributed by atoms with van der Waals surface area (Å²) in [5.41, 5.74) is 3.75. The van der Waals surface area contributed by atoms with E-state index in [1.165, 1.54) is 0 Å². The van der Waals surface area contributed by atoms with Gasteiger partial charge in [0.05, 0.1) is 18.9 Å². The molecular formula is C18H17FN2O. The molecule has 0 bridgehead atoms. The zero-order valence-corrected chi connectivity index (χ0v) is 12.2. The summed E-state index contributed by atoms with van der Waals surface area (Å²) in [7, 11) is 0. The van der Waals surface area contributed by atoms with E-state index in [0.717, 1.165) is 40.5 Å². The minimum absolute atomic E-state index is 0.140. The van der Waals surface area contributed by atoms with Crippen molar-refractivity contribution >= 4 is 6.08 Å². The van der Waals surface area contributed by atoms with Gasteiger partial charge in [0.15, 0.2) is 0 Å². The van der Waals surface area contributed by atoms with Gasteiger partial charge in [-0.1, -0.05) is 24.1 Å². The number of nitrogens with zero attached hydrogens (tertiary/aromatic N) is 1. The van der Waals surface area contributed by atoms with Gasteiger partial charge in [0.2, 0.25) is 0 Å². The zero-order chi connectivity index (χ0) is 15.2. The van der Waals surface area contributed by atoms with Crippen molar-refractivity contribution < 1.29 is 9.13 Å². The van der Waals surface area contributed by atoms with Gasteiger partial charge >= 0.3 is 0 Å². The Morgan fingerprint density at radius 2 is 2.09 bits per heavy atom. The van der Waals surface area contributed by atoms with Crippen molar-refractivity contribution in [2.24, 2.45) is 4.99 Å². The summed E-state index contributed by atoms with van der Waals surface area (Å²) in [6, 6.07) is 9.82. The summed E-state index contributed by atoms with van der Waals surface area (Å²) in [6.45, 7) is 0.957. The van der Waals surface area contributed by atoms with Crippen LogP contribution in [0.5, 0.6) is 0 Å². The first-order valence-electron chi connectivity index (χ1n) is 7.33. The lowest BCUT2D eigenvalue weighted by atomic mass is 10.1. The molecule has 0 spiro atoms. The van der Waals surface area contributed by atoms with Gasteiger partial charge in [-0.05, 0) is 36.1 Å². The zero-order valence-electron chi connectivity index (χ0n) is 12.2. The van der Waals surface area contributed by atoms with Crippen LogP contribution < -0.4 is 10.7 Å². The number of H-pyrrole nitrogens is 1. The molecule has 0 radical (unpaired) electrons. The fraction of sp³-hybridized carbons (Fsp3) is 0.278. The number of aromatic amines is 1. The number of benzene rings is 1. The van der Waals surface area contributed by atoms with E-state index in [2.05, 4.69) is 27.9 Å². The van der Waals surface area contributed by atoms with E-state index in [1.54, 1.807) is 0 Å². The first-order valence-corrected chi connectivity index (χ1v) is 7.33. The summed E-state index contributed by atoms with van der Waals surface area (Å²) < 4.78 is 17.1. The minimum atomic E-state index is -0.451. The van der Waals surface area contributed by atoms with Crippen molar-refractivity contribution in [1.29, 1.82) is 0 Å². The maximum Gasteiger partial charge on any atom is 0.132 e. The molecule has 0 amide bonds. The predicted molar refractivity (Wildman–Crippen MR) is 83.6 cm³/mol. The van der Waals surface area contributed by atoms with Crippen LogP contribution in [0.1, 0.15) is 23.2 Å². The number of fused-ring (bicyclic) bond motifs is 1. The highest BCUT2D eigenvalue weighted by Crippen LogP contribution is 2.05. The molecule has 4 heteroatoms. The first-order chi connectivity index (χ1) is 10.8. The van der Waals surface area contributed by atoms with Gasteiger partial charge in [-0.3, -0.25) is 4.99 Å². The fourth-order valence-electron chi connectivity index (χ4n) is 2.28. The van der Waals surface area contributed by atoms with E-state index in [0.29, 0.717) is 6.61 Å². The molecule has 1 aliphatic rings. The molecule has 1 aromatic carbocycles. The molecule has 1 aliphatic heterocycles. The van der Waals surface area contributed by atoms with Crippen LogP contribution in [0.2, 0.25) is 0 Å². The number of ether oxygens (including phenoxy) is 1. The Morgan fingerprint density at radius 1 is 1.23 bits per heavy atom. The maximum atomic E-state index is 12.0. The number of nitrogens with one attached hydrogen (secondary N) is 1. The lowest BCUT2D eigenvalue weighted by Crippen LogP contribution is -2.25. The topological polar surface area (TPSA) is 37.4 Å². The quantitative estimate of drug-likeness (QED) is 0.677. The molecule has 0 aliphatic carbocycles. The van der Waals surface area contributed by atoms with E-state index >= 15 is 0 Å². The van der Waals surface area contributed by atoms with Crippen molar-refractivity contribution in [2.75, 3.05) is 19.8 Å². The number of hydrogen-bond acceptors (Lipinski definition) is 2. The monoisotopic (exact) mass is 296 g/mol. The van der Waals surface area contributed by atoms with Crippen LogP contribution in [0, 0.1) is 11.8 Å². The molecule has 0 saturated heterocycles. The molecule has 112 valence electrons. The summed E-state index contributed by atoms with van der Waals surface area (Å²) in [5.74, 6) is 6.25. The summed E-state index contributed by atoms with van der Waals surface area (Å²) >= 11 is 0. The lowest BCUT2D eigenvalue weighted by Gasteiger charge is -2.01. The normalized spacial score (nSPS) is 12.6. The summed E-state index contributed by atoms with van der Waals surface area (Å²) in [6.07, 6.45) is 3.17. The Morgan fingerprint density at radius 3 is 2.86 bits per heavy atom. The standard InChI is InChI=1S/C18H17FN2O/c19-9-11-22-13-15-5-3-14(4-6-15)7-8-17-12-16-2-1-10-20-18(16)21-17/h2-6,12H,1,9-11,13H2,(H,20,21). The Kier molecular flexibility index (Phi) is 4.67. The van der Waals surface area contributed by atoms with Gasteiger partial charge in [-0.25, -0.2) is 4.39 Å². The number of rotatable bonds is 4. The van der Waals surface area contributed by atoms with Gasteiger partial charge in [0.25, 0.3) is 0 Å². The van der Waals surface area contributed by atoms with Gasteiger partial charge in [-0.15, -0.1) is 0 Å². The van der Waals surface area contributed by atoms with E-state index in [4.69, 9.17) is 4.74 Å². The number of halogens is 1. The van der Waals surface area contributed by atoms with Crippen molar-refractivity contribution in [3.05, 3.63) is 57.9 Å². The first kappa shape index (κ1) is 14.6. The average Bonchev–Trinajstić information content (AvgIpc) is 2.97. The van der Waals surface area contributed by atoms with E-state index in [-0.39, 0.29) is 6.61 Å². The third-order valence-electron chi connectivity index (χ3n) is 3.38. The molecule has 22 heavy (non-hydrogen) atoms. The molecule has 0 atom stereocenters. The van der Waals surface area contributed by atoms with Gasteiger partial charge in [0.1, 0.15) is 12.2 Å². The predicted octanol–water partition coefficient (Wildman–Crippen LogP) is 1.70. The second kappa shape index (κ2) is 7.06. The van der Waals surface area contributed by atoms with Crippen LogP contribution in [0.4, 0.5) is 4.39 Å². The fourth-order valence-corrected chi connectivity index (χ4v) is 2.28. The number of hydrogen-bond donors (Lipinski definition) is 1. The van der Waals surface area contributed by atoms with Crippen molar-refractivity contribution in [1.82, 2.24) is 4.98 Å². The van der Waals surface area contributed by atoms with Gasteiger partial charge in [-0.2, -0.15) is 0 Å².